The molecule has 0 amide bonds. The van der Waals surface area contributed by atoms with Crippen molar-refractivity contribution in [2.75, 3.05) is 19.8 Å². The minimum atomic E-state index is -4.82. The van der Waals surface area contributed by atoms with E-state index in [0.717, 1.165) is 23.3 Å². The Kier molecular flexibility index (Phi) is 8.50. The number of benzene rings is 2. The predicted octanol–water partition coefficient (Wildman–Crippen LogP) is 1.73. The van der Waals surface area contributed by atoms with Crippen LogP contribution in [0.2, 0.25) is 5.02 Å². The molecule has 0 bridgehead atoms. The molecule has 0 radical (unpaired) electrons. The fraction of sp³-hybridized carbons (Fsp3) is 0.478. The van der Waals surface area contributed by atoms with E-state index in [-0.39, 0.29) is 6.10 Å². The predicted molar refractivity (Wildman–Crippen MR) is 124 cm³/mol. The van der Waals surface area contributed by atoms with Gasteiger partial charge < -0.3 is 39.3 Å². The van der Waals surface area contributed by atoms with Gasteiger partial charge in [-0.3, -0.25) is 4.52 Å². The average molecular weight is 531 g/mol. The summed E-state index contributed by atoms with van der Waals surface area (Å²) in [5, 5.41) is 31.5. The van der Waals surface area contributed by atoms with Crippen LogP contribution in [-0.2, 0) is 25.0 Å². The Balaban J connectivity index is 1.48. The first-order valence-corrected chi connectivity index (χ1v) is 13.0. The maximum Gasteiger partial charge on any atom is 0.469 e. The van der Waals surface area contributed by atoms with Gasteiger partial charge in [-0.05, 0) is 41.3 Å². The van der Waals surface area contributed by atoms with Crippen LogP contribution in [0.25, 0.3) is 0 Å². The first kappa shape index (κ1) is 26.5. The van der Waals surface area contributed by atoms with Gasteiger partial charge in [-0.25, -0.2) is 4.57 Å². The second-order valence-corrected chi connectivity index (χ2v) is 10.3. The van der Waals surface area contributed by atoms with E-state index in [1.165, 1.54) is 0 Å². The molecule has 1 unspecified atom stereocenters. The fourth-order valence-electron chi connectivity index (χ4n) is 4.15. The lowest BCUT2D eigenvalue weighted by atomic mass is 9.90. The molecule has 4 rings (SSSR count). The third kappa shape index (κ3) is 6.81. The molecule has 2 aliphatic heterocycles. The Morgan fingerprint density at radius 1 is 1.03 bits per heavy atom. The summed E-state index contributed by atoms with van der Waals surface area (Å²) >= 11 is 6.41. The standard InChI is InChI=1S/C23H28ClO10P/c24-18-6-3-14(23-22(27)21(26)20(25)19(34-23)12-32-35(28,29)30)10-15(18)9-13-1-4-16(5-2-13)33-17-7-8-31-11-17/h1-6,10,17,19-23,25-27H,7-9,11-12H2,(H2,28,29,30)/t17?,19-,20-,21+,22-,23+/m1/s1. The van der Waals surface area contributed by atoms with Gasteiger partial charge in [-0.1, -0.05) is 35.9 Å². The van der Waals surface area contributed by atoms with Crippen molar-refractivity contribution in [3.63, 3.8) is 0 Å². The molecular weight excluding hydrogens is 503 g/mol. The van der Waals surface area contributed by atoms with Crippen LogP contribution in [0.15, 0.2) is 42.5 Å². The average Bonchev–Trinajstić information content (AvgIpc) is 3.32. The number of hydrogen-bond donors (Lipinski definition) is 5. The summed E-state index contributed by atoms with van der Waals surface area (Å²) in [6.45, 7) is 0.606. The molecule has 2 aromatic carbocycles. The summed E-state index contributed by atoms with van der Waals surface area (Å²) in [5.74, 6) is 0.749. The second kappa shape index (κ2) is 11.2. The van der Waals surface area contributed by atoms with Gasteiger partial charge in [0.15, 0.2) is 0 Å². The number of halogens is 1. The molecule has 0 aromatic heterocycles. The Morgan fingerprint density at radius 3 is 2.43 bits per heavy atom. The highest BCUT2D eigenvalue weighted by molar-refractivity contribution is 7.46. The molecule has 2 aromatic rings. The van der Waals surface area contributed by atoms with E-state index in [2.05, 4.69) is 4.52 Å². The number of phosphoric acid groups is 1. The molecule has 2 saturated heterocycles. The van der Waals surface area contributed by atoms with Gasteiger partial charge in [0.2, 0.25) is 0 Å². The van der Waals surface area contributed by atoms with Gasteiger partial charge in [0, 0.05) is 11.4 Å². The molecule has 12 heteroatoms. The minimum absolute atomic E-state index is 0.0543. The lowest BCUT2D eigenvalue weighted by Gasteiger charge is -2.40. The van der Waals surface area contributed by atoms with Crippen molar-refractivity contribution in [1.29, 1.82) is 0 Å². The van der Waals surface area contributed by atoms with Crippen LogP contribution in [0.3, 0.4) is 0 Å². The van der Waals surface area contributed by atoms with E-state index in [1.807, 2.05) is 24.3 Å². The fourth-order valence-corrected chi connectivity index (χ4v) is 4.67. The van der Waals surface area contributed by atoms with E-state index in [0.29, 0.717) is 30.2 Å². The van der Waals surface area contributed by atoms with Crippen LogP contribution in [-0.4, -0.2) is 75.4 Å². The van der Waals surface area contributed by atoms with Crippen molar-refractivity contribution in [3.05, 3.63) is 64.2 Å². The molecule has 5 N–H and O–H groups in total. The van der Waals surface area contributed by atoms with Crippen molar-refractivity contribution >= 4 is 19.4 Å². The van der Waals surface area contributed by atoms with E-state index in [1.54, 1.807) is 18.2 Å². The molecule has 0 spiro atoms. The summed E-state index contributed by atoms with van der Waals surface area (Å²) < 4.78 is 32.4. The third-order valence-electron chi connectivity index (χ3n) is 6.03. The highest BCUT2D eigenvalue weighted by atomic mass is 35.5. The summed E-state index contributed by atoms with van der Waals surface area (Å²) in [7, 11) is -4.82. The number of phosphoric ester groups is 1. The number of aliphatic hydroxyl groups excluding tert-OH is 3. The lowest BCUT2D eigenvalue weighted by Crippen LogP contribution is -2.55. The number of rotatable bonds is 8. The van der Waals surface area contributed by atoms with Crippen LogP contribution >= 0.6 is 19.4 Å². The highest BCUT2D eigenvalue weighted by Gasteiger charge is 2.45. The van der Waals surface area contributed by atoms with Gasteiger partial charge in [-0.15, -0.1) is 0 Å². The summed E-state index contributed by atoms with van der Waals surface area (Å²) in [6, 6.07) is 12.6. The van der Waals surface area contributed by atoms with Gasteiger partial charge in [0.05, 0.1) is 19.8 Å². The van der Waals surface area contributed by atoms with Crippen molar-refractivity contribution in [2.45, 2.75) is 49.5 Å². The first-order chi connectivity index (χ1) is 16.6. The first-order valence-electron chi connectivity index (χ1n) is 11.1. The van der Waals surface area contributed by atoms with Gasteiger partial charge in [0.1, 0.15) is 42.4 Å². The van der Waals surface area contributed by atoms with Gasteiger partial charge in [-0.2, -0.15) is 0 Å². The van der Waals surface area contributed by atoms with Crippen molar-refractivity contribution < 1.29 is 48.4 Å². The largest absolute Gasteiger partial charge is 0.488 e. The summed E-state index contributed by atoms with van der Waals surface area (Å²) in [5.41, 5.74) is 2.18. The Bertz CT molecular complexity index is 1040. The van der Waals surface area contributed by atoms with Crippen molar-refractivity contribution in [1.82, 2.24) is 0 Å². The Hall–Kier alpha value is -1.56. The van der Waals surface area contributed by atoms with Gasteiger partial charge in [0.25, 0.3) is 0 Å². The second-order valence-electron chi connectivity index (χ2n) is 8.63. The summed E-state index contributed by atoms with van der Waals surface area (Å²) in [6.07, 6.45) is -5.68. The maximum absolute atomic E-state index is 11.0. The zero-order valence-corrected chi connectivity index (χ0v) is 20.3. The van der Waals surface area contributed by atoms with Crippen molar-refractivity contribution in [3.8, 4) is 5.75 Å². The molecule has 192 valence electrons. The van der Waals surface area contributed by atoms with Crippen LogP contribution in [0.4, 0.5) is 0 Å². The third-order valence-corrected chi connectivity index (χ3v) is 6.88. The minimum Gasteiger partial charge on any atom is -0.488 e. The molecule has 35 heavy (non-hydrogen) atoms. The molecule has 2 heterocycles. The van der Waals surface area contributed by atoms with Crippen molar-refractivity contribution in [2.24, 2.45) is 0 Å². The highest BCUT2D eigenvalue weighted by Crippen LogP contribution is 2.39. The molecule has 2 aliphatic rings. The topological polar surface area (TPSA) is 155 Å². The SMILES string of the molecule is O=P(O)(O)OC[C@H]1O[C@@H](c2ccc(Cl)c(Cc3ccc(OC4CCOC4)cc3)c2)[C@H](O)[C@@H](O)[C@@H]1O. The molecule has 6 atom stereocenters. The van der Waals surface area contributed by atoms with Crippen LogP contribution in [0.1, 0.15) is 29.2 Å². The smallest absolute Gasteiger partial charge is 0.469 e. The monoisotopic (exact) mass is 530 g/mol. The van der Waals surface area contributed by atoms with Crippen LogP contribution in [0, 0.1) is 0 Å². The normalized spacial score (nSPS) is 29.3. The van der Waals surface area contributed by atoms with E-state index >= 15 is 0 Å². The molecule has 0 saturated carbocycles. The molecule has 0 aliphatic carbocycles. The quantitative estimate of drug-likeness (QED) is 0.319. The van der Waals surface area contributed by atoms with Crippen LogP contribution in [0.5, 0.6) is 5.75 Å². The van der Waals surface area contributed by atoms with Crippen LogP contribution < -0.4 is 4.74 Å². The molecule has 2 fully saturated rings. The number of hydrogen-bond acceptors (Lipinski definition) is 8. The lowest BCUT2D eigenvalue weighted by molar-refractivity contribution is -0.230. The Morgan fingerprint density at radius 2 is 1.77 bits per heavy atom. The maximum atomic E-state index is 11.0. The molecular formula is C23H28ClO10P. The van der Waals surface area contributed by atoms with E-state index in [9.17, 15) is 19.9 Å². The van der Waals surface area contributed by atoms with Gasteiger partial charge >= 0.3 is 7.82 Å². The zero-order chi connectivity index (χ0) is 25.2. The zero-order valence-electron chi connectivity index (χ0n) is 18.6. The molecule has 10 nitrogen and oxygen atoms in total. The number of aliphatic hydroxyl groups is 3. The van der Waals surface area contributed by atoms with E-state index in [4.69, 9.17) is 35.6 Å². The Labute approximate surface area is 207 Å². The van der Waals surface area contributed by atoms with E-state index < -0.39 is 44.9 Å². The number of ether oxygens (including phenoxy) is 3. The summed E-state index contributed by atoms with van der Waals surface area (Å²) in [4.78, 5) is 17.9.